The second kappa shape index (κ2) is 6.90. The summed E-state index contributed by atoms with van der Waals surface area (Å²) in [7, 11) is 2.04. The van der Waals surface area contributed by atoms with Gasteiger partial charge in [0.15, 0.2) is 0 Å². The highest BCUT2D eigenvalue weighted by Gasteiger charge is 2.21. The molecule has 1 aliphatic carbocycles. The molecule has 0 spiro atoms. The molecule has 3 heteroatoms. The van der Waals surface area contributed by atoms with E-state index < -0.39 is 0 Å². The number of para-hydroxylation sites is 1. The summed E-state index contributed by atoms with van der Waals surface area (Å²) in [6.45, 7) is 0.564. The van der Waals surface area contributed by atoms with Crippen molar-refractivity contribution in [3.8, 4) is 0 Å². The first-order valence-electron chi connectivity index (χ1n) is 7.44. The van der Waals surface area contributed by atoms with Gasteiger partial charge in [0.25, 0.3) is 0 Å². The average molecular weight is 264 g/mol. The Bertz CT molecular complexity index is 398. The smallest absolute Gasteiger partial charge is 0.146 e. The Kier molecular flexibility index (Phi) is 5.20. The van der Waals surface area contributed by atoms with Crippen LogP contribution in [0, 0.1) is 5.82 Å². The lowest BCUT2D eigenvalue weighted by atomic mass is 10.0. The molecule has 0 atom stereocenters. The summed E-state index contributed by atoms with van der Waals surface area (Å²) in [5.41, 5.74) is 7.44. The van der Waals surface area contributed by atoms with Crippen molar-refractivity contribution in [3.63, 3.8) is 0 Å². The predicted octanol–water partition coefficient (Wildman–Crippen LogP) is 3.49. The number of benzene rings is 1. The Hall–Kier alpha value is -1.09. The highest BCUT2D eigenvalue weighted by Crippen LogP contribution is 2.30. The second-order valence-electron chi connectivity index (χ2n) is 5.54. The van der Waals surface area contributed by atoms with Crippen LogP contribution in [0.4, 0.5) is 10.1 Å². The van der Waals surface area contributed by atoms with E-state index in [1.54, 1.807) is 12.1 Å². The lowest BCUT2D eigenvalue weighted by molar-refractivity contribution is 0.536. The molecule has 1 aromatic rings. The monoisotopic (exact) mass is 264 g/mol. The molecule has 0 bridgehead atoms. The average Bonchev–Trinajstić information content (AvgIpc) is 2.67. The third kappa shape index (κ3) is 3.47. The fraction of sp³-hybridized carbons (Fsp3) is 0.625. The van der Waals surface area contributed by atoms with Crippen LogP contribution in [0.25, 0.3) is 0 Å². The summed E-state index contributed by atoms with van der Waals surface area (Å²) in [6, 6.07) is 5.81. The molecule has 106 valence electrons. The molecule has 0 aliphatic heterocycles. The molecular weight excluding hydrogens is 239 g/mol. The van der Waals surface area contributed by atoms with Crippen molar-refractivity contribution in [3.05, 3.63) is 29.6 Å². The molecule has 1 aliphatic rings. The van der Waals surface area contributed by atoms with E-state index in [0.29, 0.717) is 12.6 Å². The third-order valence-electron chi connectivity index (χ3n) is 4.21. The normalized spacial score (nSPS) is 17.2. The number of nitrogens with zero attached hydrogens (tertiary/aromatic N) is 1. The van der Waals surface area contributed by atoms with Crippen LogP contribution < -0.4 is 10.6 Å². The maximum absolute atomic E-state index is 14.2. The SMILES string of the molecule is CN(c1c(F)cccc1CCN)C1CCCCCC1. The first-order chi connectivity index (χ1) is 9.24. The molecule has 1 saturated carbocycles. The lowest BCUT2D eigenvalue weighted by Crippen LogP contribution is -2.32. The van der Waals surface area contributed by atoms with E-state index in [-0.39, 0.29) is 5.82 Å². The number of anilines is 1. The second-order valence-corrected chi connectivity index (χ2v) is 5.54. The third-order valence-corrected chi connectivity index (χ3v) is 4.21. The predicted molar refractivity (Wildman–Crippen MR) is 79.1 cm³/mol. The summed E-state index contributed by atoms with van der Waals surface area (Å²) in [5.74, 6) is -0.113. The van der Waals surface area contributed by atoms with Crippen molar-refractivity contribution in [1.82, 2.24) is 0 Å². The van der Waals surface area contributed by atoms with Crippen LogP contribution in [0.15, 0.2) is 18.2 Å². The van der Waals surface area contributed by atoms with Crippen LogP contribution in [0.5, 0.6) is 0 Å². The summed E-state index contributed by atoms with van der Waals surface area (Å²) in [4.78, 5) is 2.16. The van der Waals surface area contributed by atoms with Gasteiger partial charge in [-0.25, -0.2) is 4.39 Å². The largest absolute Gasteiger partial charge is 0.369 e. The van der Waals surface area contributed by atoms with Gasteiger partial charge in [0.05, 0.1) is 5.69 Å². The Morgan fingerprint density at radius 3 is 2.53 bits per heavy atom. The van der Waals surface area contributed by atoms with Crippen LogP contribution in [-0.4, -0.2) is 19.6 Å². The topological polar surface area (TPSA) is 29.3 Å². The lowest BCUT2D eigenvalue weighted by Gasteiger charge is -2.31. The van der Waals surface area contributed by atoms with Crippen LogP contribution >= 0.6 is 0 Å². The van der Waals surface area contributed by atoms with Crippen molar-refractivity contribution >= 4 is 5.69 Å². The van der Waals surface area contributed by atoms with Gasteiger partial charge in [-0.15, -0.1) is 0 Å². The molecule has 2 N–H and O–H groups in total. The molecule has 0 saturated heterocycles. The highest BCUT2D eigenvalue weighted by atomic mass is 19.1. The standard InChI is InChI=1S/C16H25FN2/c1-19(14-8-4-2-3-5-9-14)16-13(11-12-18)7-6-10-15(16)17/h6-7,10,14H,2-5,8-9,11-12,18H2,1H3. The van der Waals surface area contributed by atoms with Gasteiger partial charge in [-0.05, 0) is 37.4 Å². The van der Waals surface area contributed by atoms with Crippen LogP contribution in [0.2, 0.25) is 0 Å². The summed E-state index contributed by atoms with van der Waals surface area (Å²) in [6.07, 6.45) is 8.24. The Balaban J connectivity index is 2.23. The zero-order valence-electron chi connectivity index (χ0n) is 11.9. The van der Waals surface area contributed by atoms with Gasteiger partial charge in [0, 0.05) is 13.1 Å². The van der Waals surface area contributed by atoms with Crippen molar-refractivity contribution in [2.24, 2.45) is 5.73 Å². The summed E-state index contributed by atoms with van der Waals surface area (Å²) in [5, 5.41) is 0. The minimum atomic E-state index is -0.113. The van der Waals surface area contributed by atoms with E-state index in [1.807, 2.05) is 13.1 Å². The molecule has 2 nitrogen and oxygen atoms in total. The van der Waals surface area contributed by atoms with Crippen molar-refractivity contribution in [2.45, 2.75) is 51.0 Å². The quantitative estimate of drug-likeness (QED) is 0.844. The Morgan fingerprint density at radius 1 is 1.21 bits per heavy atom. The zero-order chi connectivity index (χ0) is 13.7. The van der Waals surface area contributed by atoms with E-state index >= 15 is 0 Å². The molecular formula is C16H25FN2. The van der Waals surface area contributed by atoms with E-state index in [1.165, 1.54) is 38.5 Å². The van der Waals surface area contributed by atoms with E-state index in [2.05, 4.69) is 4.90 Å². The van der Waals surface area contributed by atoms with Gasteiger partial charge in [0.1, 0.15) is 5.82 Å². The number of rotatable bonds is 4. The maximum atomic E-state index is 14.2. The molecule has 2 rings (SSSR count). The van der Waals surface area contributed by atoms with E-state index in [9.17, 15) is 4.39 Å². The first kappa shape index (κ1) is 14.3. The zero-order valence-corrected chi connectivity index (χ0v) is 11.9. The molecule has 1 aromatic carbocycles. The van der Waals surface area contributed by atoms with Crippen LogP contribution in [0.3, 0.4) is 0 Å². The maximum Gasteiger partial charge on any atom is 0.146 e. The molecule has 19 heavy (non-hydrogen) atoms. The number of hydrogen-bond acceptors (Lipinski definition) is 2. The Labute approximate surface area is 115 Å². The van der Waals surface area contributed by atoms with Gasteiger partial charge in [0.2, 0.25) is 0 Å². The molecule has 0 unspecified atom stereocenters. The Morgan fingerprint density at radius 2 is 1.89 bits per heavy atom. The van der Waals surface area contributed by atoms with E-state index in [0.717, 1.165) is 17.7 Å². The first-order valence-corrected chi connectivity index (χ1v) is 7.44. The molecule has 0 aromatic heterocycles. The summed E-state index contributed by atoms with van der Waals surface area (Å²) < 4.78 is 14.2. The summed E-state index contributed by atoms with van der Waals surface area (Å²) >= 11 is 0. The minimum absolute atomic E-state index is 0.113. The number of halogens is 1. The minimum Gasteiger partial charge on any atom is -0.369 e. The van der Waals surface area contributed by atoms with Crippen molar-refractivity contribution in [2.75, 3.05) is 18.5 Å². The molecule has 0 radical (unpaired) electrons. The fourth-order valence-electron chi connectivity index (χ4n) is 3.14. The van der Waals surface area contributed by atoms with Gasteiger partial charge >= 0.3 is 0 Å². The van der Waals surface area contributed by atoms with Crippen molar-refractivity contribution < 1.29 is 4.39 Å². The van der Waals surface area contributed by atoms with Gasteiger partial charge in [-0.1, -0.05) is 37.8 Å². The van der Waals surface area contributed by atoms with Crippen molar-refractivity contribution in [1.29, 1.82) is 0 Å². The fourth-order valence-corrected chi connectivity index (χ4v) is 3.14. The number of nitrogens with two attached hydrogens (primary N) is 1. The van der Waals surface area contributed by atoms with Gasteiger partial charge in [-0.3, -0.25) is 0 Å². The number of hydrogen-bond donors (Lipinski definition) is 1. The van der Waals surface area contributed by atoms with Crippen LogP contribution in [0.1, 0.15) is 44.1 Å². The molecule has 0 heterocycles. The molecule has 0 amide bonds. The van der Waals surface area contributed by atoms with Crippen LogP contribution in [-0.2, 0) is 6.42 Å². The molecule has 1 fully saturated rings. The van der Waals surface area contributed by atoms with Gasteiger partial charge < -0.3 is 10.6 Å². The van der Waals surface area contributed by atoms with E-state index in [4.69, 9.17) is 5.73 Å². The van der Waals surface area contributed by atoms with Gasteiger partial charge in [-0.2, -0.15) is 0 Å². The highest BCUT2D eigenvalue weighted by molar-refractivity contribution is 5.55.